The van der Waals surface area contributed by atoms with Crippen LogP contribution in [0.5, 0.6) is 11.5 Å². The van der Waals surface area contributed by atoms with E-state index < -0.39 is 31.5 Å². The van der Waals surface area contributed by atoms with E-state index >= 15 is 0 Å². The Labute approximate surface area is 118 Å². The summed E-state index contributed by atoms with van der Waals surface area (Å²) in [6.45, 7) is -4.99. The number of halogens is 4. The zero-order valence-corrected chi connectivity index (χ0v) is 11.0. The minimum absolute atomic E-state index is 0.0147. The number of ether oxygens (including phenoxy) is 2. The van der Waals surface area contributed by atoms with Crippen LogP contribution < -0.4 is 20.5 Å². The summed E-state index contributed by atoms with van der Waals surface area (Å²) < 4.78 is 59.3. The molecule has 0 saturated heterocycles. The molecule has 1 amide bonds. The fourth-order valence-electron chi connectivity index (χ4n) is 1.39. The minimum atomic E-state index is -3.25. The molecule has 0 radical (unpaired) electrons. The summed E-state index contributed by atoms with van der Waals surface area (Å²) in [5.41, 5.74) is 4.70. The van der Waals surface area contributed by atoms with Crippen LogP contribution in [0.2, 0.25) is 0 Å². The van der Waals surface area contributed by atoms with Gasteiger partial charge in [0.05, 0.1) is 20.2 Å². The third kappa shape index (κ3) is 5.10. The molecule has 0 fully saturated rings. The van der Waals surface area contributed by atoms with Gasteiger partial charge in [-0.3, -0.25) is 4.79 Å². The Balaban J connectivity index is 2.85. The maximum Gasteiger partial charge on any atom is 0.387 e. The first-order chi connectivity index (χ1) is 9.79. The van der Waals surface area contributed by atoms with Gasteiger partial charge in [0, 0.05) is 5.56 Å². The minimum Gasteiger partial charge on any atom is -0.493 e. The number of hydrogen-bond acceptors (Lipinski definition) is 4. The van der Waals surface area contributed by atoms with Gasteiger partial charge < -0.3 is 20.5 Å². The molecule has 0 aliphatic heterocycles. The van der Waals surface area contributed by atoms with Crippen LogP contribution in [-0.4, -0.2) is 38.6 Å². The lowest BCUT2D eigenvalue weighted by atomic mass is 10.2. The molecule has 0 aromatic heterocycles. The molecule has 9 heteroatoms. The first-order valence-corrected chi connectivity index (χ1v) is 5.78. The quantitative estimate of drug-likeness (QED) is 0.751. The van der Waals surface area contributed by atoms with E-state index in [0.29, 0.717) is 0 Å². The summed E-state index contributed by atoms with van der Waals surface area (Å²) >= 11 is 0. The van der Waals surface area contributed by atoms with E-state index in [0.717, 1.165) is 6.07 Å². The van der Waals surface area contributed by atoms with E-state index in [1.165, 1.54) is 19.2 Å². The number of alkyl halides is 4. The molecule has 5 nitrogen and oxygen atoms in total. The third-order valence-electron chi connectivity index (χ3n) is 2.45. The van der Waals surface area contributed by atoms with Gasteiger partial charge in [-0.1, -0.05) is 0 Å². The SMILES string of the molecule is COc1ccc(C(=O)NCC(F)(F)CN)cc1OC(F)F. The molecule has 0 saturated carbocycles. The highest BCUT2D eigenvalue weighted by atomic mass is 19.3. The number of carbonyl (C=O) groups is 1. The molecule has 1 aromatic rings. The largest absolute Gasteiger partial charge is 0.493 e. The van der Waals surface area contributed by atoms with Gasteiger partial charge in [-0.25, -0.2) is 8.78 Å². The van der Waals surface area contributed by atoms with Crippen LogP contribution in [-0.2, 0) is 0 Å². The van der Waals surface area contributed by atoms with Gasteiger partial charge in [-0.15, -0.1) is 0 Å². The van der Waals surface area contributed by atoms with Crippen molar-refractivity contribution in [3.05, 3.63) is 23.8 Å². The normalized spacial score (nSPS) is 11.4. The molecule has 1 rings (SSSR count). The molecule has 0 atom stereocenters. The summed E-state index contributed by atoms with van der Waals surface area (Å²) in [7, 11) is 1.23. The van der Waals surface area contributed by atoms with Crippen molar-refractivity contribution in [2.75, 3.05) is 20.2 Å². The lowest BCUT2D eigenvalue weighted by Gasteiger charge is -2.15. The fourth-order valence-corrected chi connectivity index (χ4v) is 1.39. The van der Waals surface area contributed by atoms with Gasteiger partial charge in [0.2, 0.25) is 0 Å². The smallest absolute Gasteiger partial charge is 0.387 e. The van der Waals surface area contributed by atoms with Crippen LogP contribution >= 0.6 is 0 Å². The molecule has 118 valence electrons. The van der Waals surface area contributed by atoms with Gasteiger partial charge in [0.15, 0.2) is 11.5 Å². The molecule has 3 N–H and O–H groups in total. The Morgan fingerprint density at radius 1 is 1.38 bits per heavy atom. The zero-order chi connectivity index (χ0) is 16.0. The van der Waals surface area contributed by atoms with Crippen molar-refractivity contribution >= 4 is 5.91 Å². The topological polar surface area (TPSA) is 73.6 Å². The number of rotatable bonds is 7. The van der Waals surface area contributed by atoms with E-state index in [4.69, 9.17) is 10.5 Å². The van der Waals surface area contributed by atoms with Crippen molar-refractivity contribution in [2.45, 2.75) is 12.5 Å². The first kappa shape index (κ1) is 17.0. The van der Waals surface area contributed by atoms with Gasteiger partial charge >= 0.3 is 6.61 Å². The third-order valence-corrected chi connectivity index (χ3v) is 2.45. The number of nitrogens with one attached hydrogen (secondary N) is 1. The molecule has 21 heavy (non-hydrogen) atoms. The van der Waals surface area contributed by atoms with Crippen LogP contribution in [0.15, 0.2) is 18.2 Å². The average molecular weight is 310 g/mol. The predicted octanol–water partition coefficient (Wildman–Crippen LogP) is 1.62. The Morgan fingerprint density at radius 3 is 2.57 bits per heavy atom. The monoisotopic (exact) mass is 310 g/mol. The second kappa shape index (κ2) is 7.11. The van der Waals surface area contributed by atoms with E-state index in [1.807, 2.05) is 5.32 Å². The number of carbonyl (C=O) groups excluding carboxylic acids is 1. The summed E-state index contributed by atoms with van der Waals surface area (Å²) in [4.78, 5) is 11.7. The fraction of sp³-hybridized carbons (Fsp3) is 0.417. The second-order valence-corrected chi connectivity index (χ2v) is 3.99. The van der Waals surface area contributed by atoms with E-state index in [-0.39, 0.29) is 17.1 Å². The summed E-state index contributed by atoms with van der Waals surface area (Å²) in [5.74, 6) is -4.50. The zero-order valence-electron chi connectivity index (χ0n) is 11.0. The van der Waals surface area contributed by atoms with Crippen molar-refractivity contribution in [3.8, 4) is 11.5 Å². The highest BCUT2D eigenvalue weighted by Gasteiger charge is 2.27. The van der Waals surface area contributed by atoms with Crippen molar-refractivity contribution in [1.29, 1.82) is 0 Å². The van der Waals surface area contributed by atoms with Crippen LogP contribution in [0, 0.1) is 0 Å². The Kier molecular flexibility index (Phi) is 5.77. The van der Waals surface area contributed by atoms with Crippen molar-refractivity contribution < 1.29 is 31.8 Å². The van der Waals surface area contributed by atoms with E-state index in [1.54, 1.807) is 0 Å². The number of nitrogens with two attached hydrogens (primary N) is 1. The molecule has 0 heterocycles. The lowest BCUT2D eigenvalue weighted by molar-refractivity contribution is -0.0512. The molecular formula is C12H14F4N2O3. The van der Waals surface area contributed by atoms with E-state index in [9.17, 15) is 22.4 Å². The van der Waals surface area contributed by atoms with Crippen LogP contribution in [0.25, 0.3) is 0 Å². The maximum atomic E-state index is 12.9. The van der Waals surface area contributed by atoms with Crippen LogP contribution in [0.4, 0.5) is 17.6 Å². The number of methoxy groups -OCH3 is 1. The van der Waals surface area contributed by atoms with Crippen molar-refractivity contribution in [3.63, 3.8) is 0 Å². The van der Waals surface area contributed by atoms with Crippen LogP contribution in [0.1, 0.15) is 10.4 Å². The molecule has 0 bridgehead atoms. The van der Waals surface area contributed by atoms with Gasteiger partial charge in [-0.2, -0.15) is 8.78 Å². The molecule has 0 aliphatic rings. The maximum absolute atomic E-state index is 12.9. The number of amides is 1. The van der Waals surface area contributed by atoms with Crippen molar-refractivity contribution in [1.82, 2.24) is 5.32 Å². The Morgan fingerprint density at radius 2 is 2.05 bits per heavy atom. The Hall–Kier alpha value is -2.03. The van der Waals surface area contributed by atoms with E-state index in [2.05, 4.69) is 4.74 Å². The molecule has 0 unspecified atom stereocenters. The van der Waals surface area contributed by atoms with Gasteiger partial charge in [0.1, 0.15) is 0 Å². The molecular weight excluding hydrogens is 296 g/mol. The second-order valence-electron chi connectivity index (χ2n) is 3.99. The van der Waals surface area contributed by atoms with Gasteiger partial charge in [-0.05, 0) is 18.2 Å². The first-order valence-electron chi connectivity index (χ1n) is 5.78. The Bertz CT molecular complexity index is 497. The number of benzene rings is 1. The van der Waals surface area contributed by atoms with Crippen molar-refractivity contribution in [2.24, 2.45) is 5.73 Å². The molecule has 0 spiro atoms. The summed E-state index contributed by atoms with van der Waals surface area (Å²) in [6, 6.07) is 3.42. The standard InChI is InChI=1S/C12H14F4N2O3/c1-20-8-3-2-7(4-9(8)21-11(13)14)10(19)18-6-12(15,16)5-17/h2-4,11H,5-6,17H2,1H3,(H,18,19). The van der Waals surface area contributed by atoms with Gasteiger partial charge in [0.25, 0.3) is 11.8 Å². The summed E-state index contributed by atoms with van der Waals surface area (Å²) in [5, 5.41) is 1.96. The number of hydrogen-bond donors (Lipinski definition) is 2. The molecule has 1 aromatic carbocycles. The average Bonchev–Trinajstić information content (AvgIpc) is 2.44. The predicted molar refractivity (Wildman–Crippen MR) is 66.0 cm³/mol. The highest BCUT2D eigenvalue weighted by Crippen LogP contribution is 2.29. The van der Waals surface area contributed by atoms with Crippen LogP contribution in [0.3, 0.4) is 0 Å². The summed E-state index contributed by atoms with van der Waals surface area (Å²) in [6.07, 6.45) is 0. The lowest BCUT2D eigenvalue weighted by Crippen LogP contribution is -2.41. The highest BCUT2D eigenvalue weighted by molar-refractivity contribution is 5.94. The molecule has 0 aliphatic carbocycles.